The number of hydrogen-bond donors (Lipinski definition) is 0. The molecule has 0 spiro atoms. The molecule has 330 valence electrons. The number of nitrogens with zero attached hydrogens (tertiary/aromatic N) is 6. The Morgan fingerprint density at radius 1 is 1.00 bits per heavy atom. The van der Waals surface area contributed by atoms with E-state index in [0.29, 0.717) is 58.9 Å². The second kappa shape index (κ2) is 15.3. The summed E-state index contributed by atoms with van der Waals surface area (Å²) in [5, 5.41) is 1.34. The number of halogens is 3. The zero-order valence-electron chi connectivity index (χ0n) is 37.4. The molecule has 2 bridgehead atoms. The summed E-state index contributed by atoms with van der Waals surface area (Å²) in [7, 11) is -2.33. The molecule has 9 rings (SSSR count). The van der Waals surface area contributed by atoms with E-state index in [4.69, 9.17) is 19.4 Å². The van der Waals surface area contributed by atoms with Crippen LogP contribution in [0.15, 0.2) is 35.1 Å². The Balaban J connectivity index is 1.27. The first kappa shape index (κ1) is 42.7. The molecule has 2 aromatic carbocycles. The summed E-state index contributed by atoms with van der Waals surface area (Å²) >= 11 is 0. The van der Waals surface area contributed by atoms with Gasteiger partial charge in [-0.1, -0.05) is 71.7 Å². The third-order valence-electron chi connectivity index (χ3n) is 14.8. The van der Waals surface area contributed by atoms with Gasteiger partial charge in [0.2, 0.25) is 5.88 Å². The molecule has 4 aromatic rings. The normalized spacial score (nSPS) is 24.8. The van der Waals surface area contributed by atoms with Crippen molar-refractivity contribution in [3.63, 3.8) is 0 Å². The summed E-state index contributed by atoms with van der Waals surface area (Å²) in [6.45, 7) is 20.1. The molecule has 10 nitrogen and oxygen atoms in total. The van der Waals surface area contributed by atoms with E-state index in [2.05, 4.69) is 57.9 Å². The highest BCUT2D eigenvalue weighted by Gasteiger charge is 2.53. The lowest BCUT2D eigenvalue weighted by molar-refractivity contribution is 0.00539. The van der Waals surface area contributed by atoms with Crippen LogP contribution < -0.4 is 15.3 Å². The minimum absolute atomic E-state index is 0.0296. The van der Waals surface area contributed by atoms with E-state index < -0.39 is 54.8 Å². The number of anilines is 1. The average Bonchev–Trinajstić information content (AvgIpc) is 3.79. The average molecular weight is 869 g/mol. The van der Waals surface area contributed by atoms with Crippen molar-refractivity contribution in [2.45, 2.75) is 153 Å². The predicted molar refractivity (Wildman–Crippen MR) is 239 cm³/mol. The largest absolute Gasteiger partial charge is 0.475 e. The molecule has 5 aliphatic rings. The zero-order chi connectivity index (χ0) is 44.2. The van der Waals surface area contributed by atoms with E-state index in [0.717, 1.165) is 12.8 Å². The summed E-state index contributed by atoms with van der Waals surface area (Å²) in [5.74, 6) is 2.39. The van der Waals surface area contributed by atoms with Crippen molar-refractivity contribution in [2.75, 3.05) is 31.1 Å². The fourth-order valence-electron chi connectivity index (χ4n) is 12.2. The van der Waals surface area contributed by atoms with Crippen LogP contribution in [0.1, 0.15) is 100.0 Å². The lowest BCUT2D eigenvalue weighted by Crippen LogP contribution is -2.63. The standard InChI is InChI=1S/C48H59F3N6O4Si/c1-27(2)62(28(3)4,29(5)6)21-18-33-35(50)16-14-30-12-10-13-34(38(30)33)41-40(51)42-39-43(53-45(58)56(42)26-48-19-11-20-54(48)23-31(49)22-48)55-24-32-15-17-36(37(55)25-60-44(39)52-41)57(32)46(59)61-47(7,8)9/h10,12-14,16,27-29,31-32,36-37H,11,15,17,19-20,22-26H2,1-9H3/t31-,32-,36+,37-,48+/m1/s1. The lowest BCUT2D eigenvalue weighted by Gasteiger charge is -2.46. The van der Waals surface area contributed by atoms with Crippen molar-refractivity contribution in [1.82, 2.24) is 24.3 Å². The molecule has 4 fully saturated rings. The Morgan fingerprint density at radius 2 is 1.74 bits per heavy atom. The summed E-state index contributed by atoms with van der Waals surface area (Å²) in [5.41, 5.74) is 2.88. The summed E-state index contributed by atoms with van der Waals surface area (Å²) in [6, 6.07) is 7.44. The van der Waals surface area contributed by atoms with E-state index in [-0.39, 0.29) is 72.1 Å². The van der Waals surface area contributed by atoms with Gasteiger partial charge in [-0.05, 0) is 87.5 Å². The molecule has 0 unspecified atom stereocenters. The number of carbonyl (C=O) groups excluding carboxylic acids is 1. The third kappa shape index (κ3) is 6.70. The van der Waals surface area contributed by atoms with E-state index >= 15 is 13.2 Å². The van der Waals surface area contributed by atoms with Gasteiger partial charge in [-0.15, -0.1) is 5.54 Å². The molecule has 0 radical (unpaired) electrons. The topological polar surface area (TPSA) is 93.0 Å². The van der Waals surface area contributed by atoms with Crippen molar-refractivity contribution in [3.8, 4) is 28.6 Å². The van der Waals surface area contributed by atoms with Gasteiger partial charge in [0, 0.05) is 36.1 Å². The van der Waals surface area contributed by atoms with Gasteiger partial charge in [0.25, 0.3) is 0 Å². The van der Waals surface area contributed by atoms with Crippen LogP contribution in [-0.4, -0.2) is 100 Å². The predicted octanol–water partition coefficient (Wildman–Crippen LogP) is 9.38. The van der Waals surface area contributed by atoms with Gasteiger partial charge in [0.15, 0.2) is 5.82 Å². The van der Waals surface area contributed by atoms with Crippen LogP contribution in [0.2, 0.25) is 16.6 Å². The van der Waals surface area contributed by atoms with Crippen molar-refractivity contribution >= 4 is 41.7 Å². The van der Waals surface area contributed by atoms with Crippen LogP contribution in [0.5, 0.6) is 5.88 Å². The first-order valence-corrected chi connectivity index (χ1v) is 24.8. The highest BCUT2D eigenvalue weighted by molar-refractivity contribution is 6.90. The maximum atomic E-state index is 18.3. The molecule has 0 N–H and O–H groups in total. The van der Waals surface area contributed by atoms with E-state index in [1.165, 1.54) is 10.6 Å². The Kier molecular flexibility index (Phi) is 10.5. The molecule has 5 atom stereocenters. The van der Waals surface area contributed by atoms with Crippen LogP contribution in [0.3, 0.4) is 0 Å². The van der Waals surface area contributed by atoms with Crippen molar-refractivity contribution < 1.29 is 27.4 Å². The van der Waals surface area contributed by atoms with Gasteiger partial charge in [-0.25, -0.2) is 27.7 Å². The van der Waals surface area contributed by atoms with Crippen LogP contribution >= 0.6 is 0 Å². The fourth-order valence-corrected chi connectivity index (χ4v) is 17.4. The number of aromatic nitrogens is 3. The highest BCUT2D eigenvalue weighted by atomic mass is 28.3. The number of piperazine rings is 1. The van der Waals surface area contributed by atoms with E-state index in [1.54, 1.807) is 23.1 Å². The molecular formula is C48H59F3N6O4Si. The van der Waals surface area contributed by atoms with Crippen molar-refractivity contribution in [3.05, 3.63) is 58.0 Å². The highest BCUT2D eigenvalue weighted by Crippen LogP contribution is 2.48. The smallest absolute Gasteiger partial charge is 0.410 e. The number of hydrogen-bond acceptors (Lipinski definition) is 8. The maximum Gasteiger partial charge on any atom is 0.410 e. The molecular weight excluding hydrogens is 810 g/mol. The summed E-state index contributed by atoms with van der Waals surface area (Å²) in [6.07, 6.45) is 1.63. The Morgan fingerprint density at radius 3 is 2.45 bits per heavy atom. The molecule has 7 heterocycles. The minimum atomic E-state index is -2.33. The second-order valence-electron chi connectivity index (χ2n) is 20.4. The monoisotopic (exact) mass is 868 g/mol. The number of carbonyl (C=O) groups is 1. The number of rotatable bonds is 6. The number of benzene rings is 2. The number of ether oxygens (including phenoxy) is 2. The maximum absolute atomic E-state index is 18.3. The van der Waals surface area contributed by atoms with Gasteiger partial charge in [0.1, 0.15) is 54.7 Å². The first-order chi connectivity index (χ1) is 29.3. The van der Waals surface area contributed by atoms with Crippen LogP contribution in [0.4, 0.5) is 23.8 Å². The Bertz CT molecular complexity index is 2580. The molecule has 4 saturated heterocycles. The summed E-state index contributed by atoms with van der Waals surface area (Å²) < 4.78 is 63.8. The number of alkyl halides is 1. The molecule has 0 saturated carbocycles. The number of fused-ring (bicyclic) bond motifs is 7. The first-order valence-electron chi connectivity index (χ1n) is 22.5. The van der Waals surface area contributed by atoms with Crippen LogP contribution in [-0.2, 0) is 11.3 Å². The van der Waals surface area contributed by atoms with Gasteiger partial charge in [-0.2, -0.15) is 4.98 Å². The molecule has 5 aliphatic heterocycles. The third-order valence-corrected chi connectivity index (χ3v) is 21.1. The van der Waals surface area contributed by atoms with E-state index in [1.807, 2.05) is 31.7 Å². The fraction of sp³-hybridized carbons (Fsp3) is 0.583. The Labute approximate surface area is 363 Å². The summed E-state index contributed by atoms with van der Waals surface area (Å²) in [4.78, 5) is 43.9. The molecule has 14 heteroatoms. The van der Waals surface area contributed by atoms with Crippen LogP contribution in [0.25, 0.3) is 32.9 Å². The van der Waals surface area contributed by atoms with Crippen LogP contribution in [0, 0.1) is 23.1 Å². The number of amides is 1. The quantitative estimate of drug-likeness (QED) is 0.140. The van der Waals surface area contributed by atoms with Crippen molar-refractivity contribution in [1.29, 1.82) is 0 Å². The lowest BCUT2D eigenvalue weighted by atomic mass is 9.93. The Hall–Kier alpha value is -4.61. The van der Waals surface area contributed by atoms with Crippen molar-refractivity contribution in [2.24, 2.45) is 0 Å². The molecule has 1 amide bonds. The molecule has 0 aliphatic carbocycles. The molecule has 2 aromatic heterocycles. The second-order valence-corrected chi connectivity index (χ2v) is 26.0. The molecule has 62 heavy (non-hydrogen) atoms. The SMILES string of the molecule is CC(C)[Si](C#Cc1c(F)ccc2cccc(-c3nc4c5c(nc(=O)n(C[C@@]67CCCN6C[C@H](F)C7)c5c3F)N3C[C@H]5CC[C@@H]([C@H]3CO4)N5C(=O)OC(C)(C)C)c12)(C(C)C)C(C)C. The van der Waals surface area contributed by atoms with Gasteiger partial charge >= 0.3 is 11.8 Å². The minimum Gasteiger partial charge on any atom is -0.475 e. The van der Waals surface area contributed by atoms with Gasteiger partial charge < -0.3 is 14.4 Å². The number of pyridine rings is 1. The van der Waals surface area contributed by atoms with Gasteiger partial charge in [-0.3, -0.25) is 14.4 Å². The zero-order valence-corrected chi connectivity index (χ0v) is 38.4. The van der Waals surface area contributed by atoms with E-state index in [9.17, 15) is 9.59 Å². The van der Waals surface area contributed by atoms with Gasteiger partial charge in [0.05, 0.1) is 23.7 Å².